The van der Waals surface area contributed by atoms with E-state index in [-0.39, 0.29) is 22.5 Å². The summed E-state index contributed by atoms with van der Waals surface area (Å²) in [7, 11) is 0. The van der Waals surface area contributed by atoms with Crippen LogP contribution in [0.1, 0.15) is 27.7 Å². The SMILES string of the molecule is O=C1c2oc3ccccc3c(=O)c2C(c2ccc(O)cc2)N1c1nncs1. The fraction of sp³-hybridized carbons (Fsp3) is 0.0526. The van der Waals surface area contributed by atoms with Crippen LogP contribution in [0.2, 0.25) is 0 Å². The molecular weight excluding hydrogens is 366 g/mol. The molecule has 0 radical (unpaired) electrons. The second kappa shape index (κ2) is 5.75. The summed E-state index contributed by atoms with van der Waals surface area (Å²) in [6, 6.07) is 12.5. The average molecular weight is 377 g/mol. The molecule has 1 amide bonds. The highest BCUT2D eigenvalue weighted by atomic mass is 32.1. The standard InChI is InChI=1S/C19H11N3O4S/c23-11-7-5-10(6-8-11)15-14-16(24)12-3-1-2-4-13(12)26-17(14)18(25)22(15)19-21-20-9-27-19/h1-9,15,23H. The van der Waals surface area contributed by atoms with Crippen molar-refractivity contribution in [1.29, 1.82) is 0 Å². The molecule has 2 aromatic carbocycles. The molecule has 0 fully saturated rings. The molecule has 0 aliphatic carbocycles. The lowest BCUT2D eigenvalue weighted by Crippen LogP contribution is -2.29. The zero-order chi connectivity index (χ0) is 18.5. The Morgan fingerprint density at radius 3 is 2.59 bits per heavy atom. The predicted molar refractivity (Wildman–Crippen MR) is 99.2 cm³/mol. The third-order valence-electron chi connectivity index (χ3n) is 4.54. The molecule has 0 bridgehead atoms. The number of rotatable bonds is 2. The number of fused-ring (bicyclic) bond motifs is 2. The van der Waals surface area contributed by atoms with Gasteiger partial charge in [0, 0.05) is 0 Å². The third kappa shape index (κ3) is 2.27. The van der Waals surface area contributed by atoms with Crippen molar-refractivity contribution in [3.05, 3.63) is 81.2 Å². The molecular formula is C19H11N3O4S. The fourth-order valence-electron chi connectivity index (χ4n) is 3.36. The van der Waals surface area contributed by atoms with Gasteiger partial charge in [-0.2, -0.15) is 0 Å². The molecule has 0 saturated heterocycles. The lowest BCUT2D eigenvalue weighted by atomic mass is 9.98. The van der Waals surface area contributed by atoms with Crippen LogP contribution < -0.4 is 10.3 Å². The zero-order valence-corrected chi connectivity index (χ0v) is 14.5. The van der Waals surface area contributed by atoms with Crippen molar-refractivity contribution < 1.29 is 14.3 Å². The Morgan fingerprint density at radius 1 is 1.07 bits per heavy atom. The molecule has 1 aliphatic heterocycles. The smallest absolute Gasteiger partial charge is 0.297 e. The first-order valence-corrected chi connectivity index (χ1v) is 8.97. The first-order chi connectivity index (χ1) is 13.1. The lowest BCUT2D eigenvalue weighted by molar-refractivity contribution is 0.0970. The summed E-state index contributed by atoms with van der Waals surface area (Å²) < 4.78 is 5.82. The van der Waals surface area contributed by atoms with Crippen molar-refractivity contribution in [3.8, 4) is 5.75 Å². The molecule has 2 aromatic heterocycles. The second-order valence-electron chi connectivity index (χ2n) is 6.06. The highest BCUT2D eigenvalue weighted by Crippen LogP contribution is 2.41. The Morgan fingerprint density at radius 2 is 1.85 bits per heavy atom. The first-order valence-electron chi connectivity index (χ1n) is 8.09. The maximum Gasteiger partial charge on any atom is 0.297 e. The normalized spacial score (nSPS) is 16.1. The highest BCUT2D eigenvalue weighted by molar-refractivity contribution is 7.13. The number of benzene rings is 2. The van der Waals surface area contributed by atoms with E-state index in [0.29, 0.717) is 21.7 Å². The molecule has 1 unspecified atom stereocenters. The van der Waals surface area contributed by atoms with E-state index in [0.717, 1.165) is 0 Å². The lowest BCUT2D eigenvalue weighted by Gasteiger charge is -2.22. The Bertz CT molecular complexity index is 1230. The summed E-state index contributed by atoms with van der Waals surface area (Å²) in [4.78, 5) is 27.8. The van der Waals surface area contributed by atoms with E-state index in [1.54, 1.807) is 36.4 Å². The van der Waals surface area contributed by atoms with Gasteiger partial charge in [0.1, 0.15) is 16.8 Å². The minimum absolute atomic E-state index is 0.00646. The van der Waals surface area contributed by atoms with E-state index in [4.69, 9.17) is 4.42 Å². The number of amides is 1. The minimum Gasteiger partial charge on any atom is -0.508 e. The molecule has 4 aromatic rings. The first kappa shape index (κ1) is 15.7. The minimum atomic E-state index is -0.707. The van der Waals surface area contributed by atoms with Crippen LogP contribution in [0.25, 0.3) is 11.0 Å². The van der Waals surface area contributed by atoms with E-state index in [2.05, 4.69) is 10.2 Å². The Balaban J connectivity index is 1.83. The summed E-state index contributed by atoms with van der Waals surface area (Å²) in [6.07, 6.45) is 0. The van der Waals surface area contributed by atoms with E-state index in [1.807, 2.05) is 0 Å². The Hall–Kier alpha value is -3.52. The molecule has 0 saturated carbocycles. The number of carbonyl (C=O) groups is 1. The Kier molecular flexibility index (Phi) is 3.34. The molecule has 3 heterocycles. The van der Waals surface area contributed by atoms with Gasteiger partial charge in [-0.05, 0) is 29.8 Å². The zero-order valence-electron chi connectivity index (χ0n) is 13.7. The number of anilines is 1. The fourth-order valence-corrected chi connectivity index (χ4v) is 3.95. The van der Waals surface area contributed by atoms with Crippen molar-refractivity contribution in [1.82, 2.24) is 10.2 Å². The van der Waals surface area contributed by atoms with Crippen LogP contribution in [0.4, 0.5) is 5.13 Å². The van der Waals surface area contributed by atoms with Gasteiger partial charge in [0.05, 0.1) is 17.0 Å². The maximum atomic E-state index is 13.2. The molecule has 0 spiro atoms. The number of phenolic OH excluding ortho intramolecular Hbond substituents is 1. The summed E-state index contributed by atoms with van der Waals surface area (Å²) >= 11 is 1.20. The molecule has 1 atom stereocenters. The molecule has 7 nitrogen and oxygen atoms in total. The van der Waals surface area contributed by atoms with Gasteiger partial charge >= 0.3 is 0 Å². The van der Waals surface area contributed by atoms with Crippen molar-refractivity contribution in [2.75, 3.05) is 4.90 Å². The van der Waals surface area contributed by atoms with E-state index in [9.17, 15) is 14.7 Å². The summed E-state index contributed by atoms with van der Waals surface area (Å²) in [5, 5.41) is 18.2. The number of carbonyl (C=O) groups excluding carboxylic acids is 1. The molecule has 132 valence electrons. The highest BCUT2D eigenvalue weighted by Gasteiger charge is 2.44. The van der Waals surface area contributed by atoms with Crippen LogP contribution in [0.5, 0.6) is 5.75 Å². The number of phenols is 1. The topological polar surface area (TPSA) is 96.5 Å². The summed E-state index contributed by atoms with van der Waals surface area (Å²) in [6.45, 7) is 0. The van der Waals surface area contributed by atoms with Crippen molar-refractivity contribution in [2.24, 2.45) is 0 Å². The average Bonchev–Trinajstić information content (AvgIpc) is 3.30. The van der Waals surface area contributed by atoms with Crippen molar-refractivity contribution in [2.45, 2.75) is 6.04 Å². The predicted octanol–water partition coefficient (Wildman–Crippen LogP) is 3.10. The molecule has 8 heteroatoms. The number of hydrogen-bond donors (Lipinski definition) is 1. The number of para-hydroxylation sites is 1. The second-order valence-corrected chi connectivity index (χ2v) is 6.87. The maximum absolute atomic E-state index is 13.2. The van der Waals surface area contributed by atoms with Crippen LogP contribution in [-0.2, 0) is 0 Å². The molecule has 1 N–H and O–H groups in total. The van der Waals surface area contributed by atoms with Gasteiger partial charge < -0.3 is 9.52 Å². The Labute approximate surface area is 156 Å². The van der Waals surface area contributed by atoms with Crippen LogP contribution in [0, 0.1) is 0 Å². The van der Waals surface area contributed by atoms with E-state index in [1.165, 1.54) is 33.9 Å². The van der Waals surface area contributed by atoms with Gasteiger partial charge in [0.2, 0.25) is 10.9 Å². The number of aromatic nitrogens is 2. The molecule has 1 aliphatic rings. The van der Waals surface area contributed by atoms with Gasteiger partial charge in [-0.15, -0.1) is 10.2 Å². The quantitative estimate of drug-likeness (QED) is 0.577. The number of hydrogen-bond acceptors (Lipinski definition) is 7. The van der Waals surface area contributed by atoms with Crippen LogP contribution >= 0.6 is 11.3 Å². The molecule has 5 rings (SSSR count). The van der Waals surface area contributed by atoms with E-state index >= 15 is 0 Å². The van der Waals surface area contributed by atoms with Gasteiger partial charge in [-0.3, -0.25) is 14.5 Å². The third-order valence-corrected chi connectivity index (χ3v) is 5.23. The molecule has 27 heavy (non-hydrogen) atoms. The summed E-state index contributed by atoms with van der Waals surface area (Å²) in [5.41, 5.74) is 2.55. The van der Waals surface area contributed by atoms with Gasteiger partial charge in [0.25, 0.3) is 5.91 Å². The van der Waals surface area contributed by atoms with Crippen molar-refractivity contribution >= 4 is 33.3 Å². The monoisotopic (exact) mass is 377 g/mol. The van der Waals surface area contributed by atoms with Crippen molar-refractivity contribution in [3.63, 3.8) is 0 Å². The van der Waals surface area contributed by atoms with Gasteiger partial charge in [-0.25, -0.2) is 0 Å². The number of nitrogens with zero attached hydrogens (tertiary/aromatic N) is 3. The van der Waals surface area contributed by atoms with Gasteiger partial charge in [-0.1, -0.05) is 35.6 Å². The van der Waals surface area contributed by atoms with Gasteiger partial charge in [0.15, 0.2) is 5.43 Å². The van der Waals surface area contributed by atoms with E-state index < -0.39 is 11.9 Å². The number of aromatic hydroxyl groups is 1. The summed E-state index contributed by atoms with van der Waals surface area (Å²) in [5.74, 6) is -0.342. The van der Waals surface area contributed by atoms with Crippen LogP contribution in [-0.4, -0.2) is 21.2 Å². The van der Waals surface area contributed by atoms with Crippen LogP contribution in [0.15, 0.2) is 63.3 Å². The largest absolute Gasteiger partial charge is 0.508 e. The van der Waals surface area contributed by atoms with Crippen LogP contribution in [0.3, 0.4) is 0 Å².